The second-order valence-corrected chi connectivity index (χ2v) is 12.8. The summed E-state index contributed by atoms with van der Waals surface area (Å²) in [5, 5.41) is 7.71. The van der Waals surface area contributed by atoms with Crippen molar-refractivity contribution in [3.63, 3.8) is 0 Å². The van der Waals surface area contributed by atoms with Crippen LogP contribution in [0.2, 0.25) is 0 Å². The van der Waals surface area contributed by atoms with Crippen molar-refractivity contribution in [1.82, 2.24) is 10.2 Å². The molecule has 5 aliphatic carbocycles. The molecule has 1 aromatic rings. The highest BCUT2D eigenvalue weighted by Crippen LogP contribution is 2.66. The van der Waals surface area contributed by atoms with Crippen molar-refractivity contribution in [2.75, 3.05) is 0 Å². The molecule has 3 nitrogen and oxygen atoms in total. The van der Waals surface area contributed by atoms with E-state index in [1.54, 1.807) is 11.1 Å². The molecule has 3 fully saturated rings. The summed E-state index contributed by atoms with van der Waals surface area (Å²) in [6.07, 6.45) is 16.7. The SMILES string of the molecule is CC1=C2CC3C(CCC4Cc5[nH]ncc5CC43C)C2CCC12OC1CC(C)CC=C1C2C. The highest BCUT2D eigenvalue weighted by molar-refractivity contribution is 5.40. The summed E-state index contributed by atoms with van der Waals surface area (Å²) in [5.74, 6) is 4.70. The van der Waals surface area contributed by atoms with Gasteiger partial charge in [0.05, 0.1) is 17.9 Å². The fourth-order valence-corrected chi connectivity index (χ4v) is 9.76. The van der Waals surface area contributed by atoms with Crippen molar-refractivity contribution < 1.29 is 4.74 Å². The summed E-state index contributed by atoms with van der Waals surface area (Å²) in [5.41, 5.74) is 8.46. The van der Waals surface area contributed by atoms with Gasteiger partial charge in [0.15, 0.2) is 0 Å². The standard InChI is InChI=1S/C29H40N2O/c1-16-5-7-21-17(2)29(32-27(21)11-16)10-9-22-23-8-6-20-12-26-19(15-30-31-26)14-28(20,4)25(23)13-24(22)18(29)3/h7,15-17,20,22-23,25,27H,5-6,8-14H2,1-4H3,(H,30,31). The second kappa shape index (κ2) is 6.62. The maximum absolute atomic E-state index is 7.08. The first-order valence-electron chi connectivity index (χ1n) is 13.5. The quantitative estimate of drug-likeness (QED) is 0.481. The average molecular weight is 433 g/mol. The number of nitrogens with one attached hydrogen (secondary N) is 1. The molecule has 1 aliphatic heterocycles. The van der Waals surface area contributed by atoms with Crippen LogP contribution in [-0.2, 0) is 17.6 Å². The van der Waals surface area contributed by atoms with Crippen molar-refractivity contribution >= 4 is 0 Å². The van der Waals surface area contributed by atoms with Crippen molar-refractivity contribution in [2.45, 2.75) is 97.2 Å². The predicted octanol–water partition coefficient (Wildman–Crippen LogP) is 6.42. The molecule has 6 aliphatic rings. The molecule has 0 aromatic carbocycles. The van der Waals surface area contributed by atoms with Gasteiger partial charge < -0.3 is 4.74 Å². The first kappa shape index (κ1) is 20.1. The zero-order valence-electron chi connectivity index (χ0n) is 20.4. The van der Waals surface area contributed by atoms with Crippen LogP contribution >= 0.6 is 0 Å². The summed E-state index contributed by atoms with van der Waals surface area (Å²) >= 11 is 0. The minimum absolute atomic E-state index is 0.00944. The van der Waals surface area contributed by atoms with Gasteiger partial charge in [-0.3, -0.25) is 5.10 Å². The van der Waals surface area contributed by atoms with Gasteiger partial charge in [-0.15, -0.1) is 0 Å². The minimum Gasteiger partial charge on any atom is -0.362 e. The molecule has 1 N–H and O–H groups in total. The van der Waals surface area contributed by atoms with Gasteiger partial charge in [-0.05, 0) is 116 Å². The lowest BCUT2D eigenvalue weighted by Crippen LogP contribution is -2.47. The minimum atomic E-state index is -0.00944. The molecule has 1 spiro atoms. The van der Waals surface area contributed by atoms with Gasteiger partial charge in [-0.25, -0.2) is 0 Å². The Labute approximate surface area is 193 Å². The van der Waals surface area contributed by atoms with Crippen LogP contribution < -0.4 is 0 Å². The van der Waals surface area contributed by atoms with Crippen LogP contribution in [0.15, 0.2) is 29.0 Å². The van der Waals surface area contributed by atoms with Crippen LogP contribution in [-0.4, -0.2) is 21.9 Å². The number of allylic oxidation sites excluding steroid dienone is 2. The number of nitrogens with zero attached hydrogens (tertiary/aromatic N) is 1. The molecule has 9 atom stereocenters. The zero-order chi connectivity index (χ0) is 21.8. The Hall–Kier alpha value is -1.35. The summed E-state index contributed by atoms with van der Waals surface area (Å²) in [6.45, 7) is 9.99. The average Bonchev–Trinajstić information content (AvgIpc) is 3.44. The maximum atomic E-state index is 7.08. The number of H-pyrrole nitrogens is 1. The van der Waals surface area contributed by atoms with Gasteiger partial charge in [-0.1, -0.05) is 32.4 Å². The Kier molecular flexibility index (Phi) is 4.15. The van der Waals surface area contributed by atoms with E-state index in [-0.39, 0.29) is 5.60 Å². The number of ether oxygens (including phenoxy) is 1. The third-order valence-corrected chi connectivity index (χ3v) is 11.6. The zero-order valence-corrected chi connectivity index (χ0v) is 20.4. The normalized spacial score (nSPS) is 49.2. The molecule has 7 rings (SSSR count). The fraction of sp³-hybridized carbons (Fsp3) is 0.759. The summed E-state index contributed by atoms with van der Waals surface area (Å²) < 4.78 is 7.08. The lowest BCUT2D eigenvalue weighted by Gasteiger charge is -2.52. The van der Waals surface area contributed by atoms with Gasteiger partial charge in [-0.2, -0.15) is 5.10 Å². The van der Waals surface area contributed by atoms with E-state index in [1.165, 1.54) is 69.0 Å². The van der Waals surface area contributed by atoms with Crippen molar-refractivity contribution in [1.29, 1.82) is 0 Å². The van der Waals surface area contributed by atoms with Crippen molar-refractivity contribution in [3.05, 3.63) is 40.2 Å². The van der Waals surface area contributed by atoms with Crippen LogP contribution in [0.4, 0.5) is 0 Å². The van der Waals surface area contributed by atoms with Crippen LogP contribution in [0.5, 0.6) is 0 Å². The molecular formula is C29H40N2O. The molecule has 3 heteroatoms. The Morgan fingerprint density at radius 1 is 1.16 bits per heavy atom. The number of fused-ring (bicyclic) bond motifs is 7. The molecule has 0 amide bonds. The van der Waals surface area contributed by atoms with E-state index in [4.69, 9.17) is 4.74 Å². The third kappa shape index (κ3) is 2.44. The monoisotopic (exact) mass is 432 g/mol. The summed E-state index contributed by atoms with van der Waals surface area (Å²) in [7, 11) is 0. The molecule has 172 valence electrons. The molecule has 0 bridgehead atoms. The number of hydrogen-bond donors (Lipinski definition) is 1. The maximum Gasteiger partial charge on any atom is 0.0963 e. The van der Waals surface area contributed by atoms with E-state index in [0.29, 0.717) is 17.4 Å². The van der Waals surface area contributed by atoms with Crippen LogP contribution in [0.25, 0.3) is 0 Å². The highest BCUT2D eigenvalue weighted by atomic mass is 16.5. The number of hydrogen-bond acceptors (Lipinski definition) is 2. The van der Waals surface area contributed by atoms with E-state index >= 15 is 0 Å². The van der Waals surface area contributed by atoms with Crippen molar-refractivity contribution in [2.24, 2.45) is 40.9 Å². The van der Waals surface area contributed by atoms with E-state index in [0.717, 1.165) is 29.6 Å². The smallest absolute Gasteiger partial charge is 0.0963 e. The molecule has 32 heavy (non-hydrogen) atoms. The highest BCUT2D eigenvalue weighted by Gasteiger charge is 2.60. The Morgan fingerprint density at radius 2 is 2.03 bits per heavy atom. The first-order chi connectivity index (χ1) is 15.4. The van der Waals surface area contributed by atoms with E-state index in [1.807, 2.05) is 5.57 Å². The fourth-order valence-electron chi connectivity index (χ4n) is 9.76. The predicted molar refractivity (Wildman–Crippen MR) is 127 cm³/mol. The largest absolute Gasteiger partial charge is 0.362 e. The van der Waals surface area contributed by atoms with E-state index in [2.05, 4.69) is 50.2 Å². The van der Waals surface area contributed by atoms with Crippen LogP contribution in [0, 0.1) is 40.9 Å². The molecule has 2 heterocycles. The van der Waals surface area contributed by atoms with E-state index in [9.17, 15) is 0 Å². The second-order valence-electron chi connectivity index (χ2n) is 12.8. The van der Waals surface area contributed by atoms with Crippen LogP contribution in [0.1, 0.15) is 83.9 Å². The molecule has 9 unspecified atom stereocenters. The Morgan fingerprint density at radius 3 is 2.91 bits per heavy atom. The van der Waals surface area contributed by atoms with Gasteiger partial charge in [0.2, 0.25) is 0 Å². The molecule has 0 radical (unpaired) electrons. The first-order valence-corrected chi connectivity index (χ1v) is 13.5. The number of aromatic amines is 1. The Bertz CT molecular complexity index is 1020. The lowest BCUT2D eigenvalue weighted by molar-refractivity contribution is -0.0526. The van der Waals surface area contributed by atoms with Crippen LogP contribution in [0.3, 0.4) is 0 Å². The van der Waals surface area contributed by atoms with Crippen molar-refractivity contribution in [3.8, 4) is 0 Å². The number of rotatable bonds is 0. The Balaban J connectivity index is 1.25. The number of aromatic nitrogens is 2. The summed E-state index contributed by atoms with van der Waals surface area (Å²) in [6, 6.07) is 0. The van der Waals surface area contributed by atoms with Gasteiger partial charge in [0, 0.05) is 11.6 Å². The molecule has 2 saturated carbocycles. The summed E-state index contributed by atoms with van der Waals surface area (Å²) in [4.78, 5) is 0. The van der Waals surface area contributed by atoms with Gasteiger partial charge in [0.25, 0.3) is 0 Å². The third-order valence-electron chi connectivity index (χ3n) is 11.6. The molecule has 1 saturated heterocycles. The molecule has 1 aromatic heterocycles. The topological polar surface area (TPSA) is 37.9 Å². The van der Waals surface area contributed by atoms with Gasteiger partial charge >= 0.3 is 0 Å². The lowest BCUT2D eigenvalue weighted by atomic mass is 9.52. The van der Waals surface area contributed by atoms with E-state index < -0.39 is 0 Å². The molecular weight excluding hydrogens is 392 g/mol. The van der Waals surface area contributed by atoms with Gasteiger partial charge in [0.1, 0.15) is 0 Å².